The smallest absolute Gasteiger partial charge is 0.0531 e. The quantitative estimate of drug-likeness (QED) is 0.478. The molecule has 0 aliphatic rings. The first kappa shape index (κ1) is 15.9. The second-order valence-electron chi connectivity index (χ2n) is 4.85. The molecule has 0 bridgehead atoms. The van der Waals surface area contributed by atoms with Gasteiger partial charge in [0.2, 0.25) is 0 Å². The third-order valence-corrected chi connectivity index (χ3v) is 3.32. The van der Waals surface area contributed by atoms with Crippen molar-refractivity contribution in [1.29, 1.82) is 0 Å². The van der Waals surface area contributed by atoms with Gasteiger partial charge in [0, 0.05) is 5.41 Å². The summed E-state index contributed by atoms with van der Waals surface area (Å²) in [5, 5.41) is 27.4. The molecule has 0 aromatic rings. The van der Waals surface area contributed by atoms with Gasteiger partial charge in [-0.2, -0.15) is 0 Å². The Bertz CT molecular complexity index is 136. The average Bonchev–Trinajstić information content (AvgIpc) is 2.34. The zero-order valence-electron chi connectivity index (χ0n) is 10.6. The molecule has 3 nitrogen and oxygen atoms in total. The number of aliphatic hydroxyl groups excluding tert-OH is 3. The van der Waals surface area contributed by atoms with Gasteiger partial charge in [-0.3, -0.25) is 0 Å². The minimum atomic E-state index is -0.663. The van der Waals surface area contributed by atoms with Gasteiger partial charge in [-0.25, -0.2) is 0 Å². The van der Waals surface area contributed by atoms with E-state index < -0.39 is 5.41 Å². The van der Waals surface area contributed by atoms with Crippen LogP contribution in [-0.4, -0.2) is 35.1 Å². The van der Waals surface area contributed by atoms with Gasteiger partial charge in [0.05, 0.1) is 19.8 Å². The van der Waals surface area contributed by atoms with E-state index in [1.165, 1.54) is 32.1 Å². The molecule has 0 rings (SSSR count). The number of hydrogen-bond donors (Lipinski definition) is 3. The van der Waals surface area contributed by atoms with Crippen molar-refractivity contribution in [3.8, 4) is 0 Å². The molecule has 0 aliphatic heterocycles. The molecule has 0 spiro atoms. The van der Waals surface area contributed by atoms with Crippen LogP contribution >= 0.6 is 0 Å². The van der Waals surface area contributed by atoms with Crippen LogP contribution in [0.15, 0.2) is 0 Å². The molecular formula is C13H28O3. The average molecular weight is 232 g/mol. The first-order chi connectivity index (χ1) is 7.74. The van der Waals surface area contributed by atoms with Crippen LogP contribution in [0.2, 0.25) is 0 Å². The summed E-state index contributed by atoms with van der Waals surface area (Å²) in [6, 6.07) is 0. The standard InChI is InChI=1S/C13H28O3/c1-2-3-4-5-6-7-8-9-13(10-14,11-15)12-16/h14-16H,2-12H2,1H3. The molecule has 0 aromatic heterocycles. The molecule has 3 N–H and O–H groups in total. The van der Waals surface area contributed by atoms with E-state index in [-0.39, 0.29) is 19.8 Å². The van der Waals surface area contributed by atoms with Crippen LogP contribution < -0.4 is 0 Å². The molecule has 0 atom stereocenters. The highest BCUT2D eigenvalue weighted by atomic mass is 16.3. The van der Waals surface area contributed by atoms with Crippen molar-refractivity contribution in [2.45, 2.75) is 58.3 Å². The van der Waals surface area contributed by atoms with Gasteiger partial charge < -0.3 is 15.3 Å². The molecule has 0 fully saturated rings. The first-order valence-corrected chi connectivity index (χ1v) is 6.57. The Hall–Kier alpha value is -0.120. The van der Waals surface area contributed by atoms with E-state index in [1.807, 2.05) is 0 Å². The molecule has 0 radical (unpaired) electrons. The predicted molar refractivity (Wildman–Crippen MR) is 66.3 cm³/mol. The van der Waals surface area contributed by atoms with E-state index in [1.54, 1.807) is 0 Å². The normalized spacial score (nSPS) is 12.0. The molecule has 0 aliphatic carbocycles. The Labute approximate surface area is 99.5 Å². The van der Waals surface area contributed by atoms with E-state index in [9.17, 15) is 0 Å². The molecule has 98 valence electrons. The summed E-state index contributed by atoms with van der Waals surface area (Å²) in [7, 11) is 0. The molecule has 0 unspecified atom stereocenters. The molecule has 3 heteroatoms. The van der Waals surface area contributed by atoms with E-state index in [4.69, 9.17) is 15.3 Å². The van der Waals surface area contributed by atoms with E-state index in [0.29, 0.717) is 6.42 Å². The van der Waals surface area contributed by atoms with Gasteiger partial charge >= 0.3 is 0 Å². The van der Waals surface area contributed by atoms with Crippen LogP contribution in [0, 0.1) is 5.41 Å². The van der Waals surface area contributed by atoms with Gasteiger partial charge in [-0.05, 0) is 6.42 Å². The lowest BCUT2D eigenvalue weighted by molar-refractivity contribution is -0.00229. The lowest BCUT2D eigenvalue weighted by atomic mass is 9.85. The summed E-state index contributed by atoms with van der Waals surface area (Å²) in [4.78, 5) is 0. The van der Waals surface area contributed by atoms with Crippen LogP contribution in [0.3, 0.4) is 0 Å². The second kappa shape index (κ2) is 10.1. The van der Waals surface area contributed by atoms with Gasteiger partial charge in [0.15, 0.2) is 0 Å². The van der Waals surface area contributed by atoms with Crippen molar-refractivity contribution in [3.63, 3.8) is 0 Å². The molecular weight excluding hydrogens is 204 g/mol. The number of rotatable bonds is 11. The minimum Gasteiger partial charge on any atom is -0.396 e. The first-order valence-electron chi connectivity index (χ1n) is 6.57. The fourth-order valence-corrected chi connectivity index (χ4v) is 1.84. The van der Waals surface area contributed by atoms with Gasteiger partial charge in [0.1, 0.15) is 0 Å². The molecule has 0 amide bonds. The highest BCUT2D eigenvalue weighted by Crippen LogP contribution is 2.23. The van der Waals surface area contributed by atoms with Gasteiger partial charge in [-0.1, -0.05) is 51.9 Å². The van der Waals surface area contributed by atoms with E-state index >= 15 is 0 Å². The number of unbranched alkanes of at least 4 members (excludes halogenated alkanes) is 6. The minimum absolute atomic E-state index is 0.129. The lowest BCUT2D eigenvalue weighted by Crippen LogP contribution is -2.33. The van der Waals surface area contributed by atoms with E-state index in [0.717, 1.165) is 12.8 Å². The maximum atomic E-state index is 9.13. The fraction of sp³-hybridized carbons (Fsp3) is 1.00. The second-order valence-corrected chi connectivity index (χ2v) is 4.85. The fourth-order valence-electron chi connectivity index (χ4n) is 1.84. The third-order valence-electron chi connectivity index (χ3n) is 3.32. The molecule has 0 saturated carbocycles. The molecule has 0 aromatic carbocycles. The van der Waals surface area contributed by atoms with Crippen molar-refractivity contribution in [1.82, 2.24) is 0 Å². The Balaban J connectivity index is 3.48. The van der Waals surface area contributed by atoms with Crippen molar-refractivity contribution >= 4 is 0 Å². The largest absolute Gasteiger partial charge is 0.396 e. The summed E-state index contributed by atoms with van der Waals surface area (Å²) in [6.07, 6.45) is 9.21. The van der Waals surface area contributed by atoms with Gasteiger partial charge in [-0.15, -0.1) is 0 Å². The Morgan fingerprint density at radius 3 is 1.56 bits per heavy atom. The SMILES string of the molecule is CCCCCCCCCC(CO)(CO)CO. The Morgan fingerprint density at radius 1 is 0.688 bits per heavy atom. The summed E-state index contributed by atoms with van der Waals surface area (Å²) in [5.74, 6) is 0. The van der Waals surface area contributed by atoms with Crippen molar-refractivity contribution in [3.05, 3.63) is 0 Å². The van der Waals surface area contributed by atoms with Crippen LogP contribution in [0.1, 0.15) is 58.3 Å². The lowest BCUT2D eigenvalue weighted by Gasteiger charge is -2.27. The Morgan fingerprint density at radius 2 is 1.12 bits per heavy atom. The summed E-state index contributed by atoms with van der Waals surface area (Å²) >= 11 is 0. The molecule has 0 saturated heterocycles. The Kier molecular flexibility index (Phi) is 9.99. The highest BCUT2D eigenvalue weighted by Gasteiger charge is 2.26. The van der Waals surface area contributed by atoms with Crippen molar-refractivity contribution < 1.29 is 15.3 Å². The van der Waals surface area contributed by atoms with Crippen LogP contribution in [-0.2, 0) is 0 Å². The summed E-state index contributed by atoms with van der Waals surface area (Å²) < 4.78 is 0. The molecule has 0 heterocycles. The highest BCUT2D eigenvalue weighted by molar-refractivity contribution is 4.76. The maximum Gasteiger partial charge on any atom is 0.0531 e. The van der Waals surface area contributed by atoms with Gasteiger partial charge in [0.25, 0.3) is 0 Å². The predicted octanol–water partition coefficient (Wildman–Crippen LogP) is 2.09. The number of hydrogen-bond acceptors (Lipinski definition) is 3. The van der Waals surface area contributed by atoms with Crippen LogP contribution in [0.5, 0.6) is 0 Å². The van der Waals surface area contributed by atoms with Crippen molar-refractivity contribution in [2.24, 2.45) is 5.41 Å². The van der Waals surface area contributed by atoms with Crippen molar-refractivity contribution in [2.75, 3.05) is 19.8 Å². The van der Waals surface area contributed by atoms with E-state index in [2.05, 4.69) is 6.92 Å². The molecule has 16 heavy (non-hydrogen) atoms. The summed E-state index contributed by atoms with van der Waals surface area (Å²) in [5.41, 5.74) is -0.663. The number of aliphatic hydroxyl groups is 3. The van der Waals surface area contributed by atoms with Crippen LogP contribution in [0.25, 0.3) is 0 Å². The third kappa shape index (κ3) is 6.46. The zero-order valence-corrected chi connectivity index (χ0v) is 10.6. The van der Waals surface area contributed by atoms with Crippen LogP contribution in [0.4, 0.5) is 0 Å². The monoisotopic (exact) mass is 232 g/mol. The summed E-state index contributed by atoms with van der Waals surface area (Å²) in [6.45, 7) is 1.82. The maximum absolute atomic E-state index is 9.13. The topological polar surface area (TPSA) is 60.7 Å². The zero-order chi connectivity index (χ0) is 12.3.